The summed E-state index contributed by atoms with van der Waals surface area (Å²) in [5.41, 5.74) is 1.24. The van der Waals surface area contributed by atoms with Crippen LogP contribution in [-0.4, -0.2) is 32.4 Å². The van der Waals surface area contributed by atoms with Gasteiger partial charge in [-0.2, -0.15) is 5.10 Å². The van der Waals surface area contributed by atoms with E-state index in [1.165, 1.54) is 31.0 Å². The summed E-state index contributed by atoms with van der Waals surface area (Å²) in [5.74, 6) is -0.839. The Morgan fingerprint density at radius 2 is 2.14 bits per heavy atom. The standard InChI is InChI=1S/C15H22N2O3S/c1-3-13(15(19)20)21-14-12(9-18)10(2)16-17(14)11-7-5-4-6-8-11/h9,11,13H,3-8H2,1-2H3,(H,19,20). The van der Waals surface area contributed by atoms with E-state index in [0.717, 1.165) is 24.2 Å². The minimum Gasteiger partial charge on any atom is -0.480 e. The lowest BCUT2D eigenvalue weighted by Gasteiger charge is -2.24. The molecule has 0 bridgehead atoms. The van der Waals surface area contributed by atoms with E-state index in [1.807, 2.05) is 18.5 Å². The SMILES string of the molecule is CCC(Sc1c(C=O)c(C)nn1C1CCCCC1)C(=O)O. The average molecular weight is 310 g/mol. The number of aliphatic carboxylic acids is 1. The second-order valence-corrected chi connectivity index (χ2v) is 6.70. The largest absolute Gasteiger partial charge is 0.480 e. The quantitative estimate of drug-likeness (QED) is 0.643. The van der Waals surface area contributed by atoms with E-state index in [0.29, 0.717) is 23.7 Å². The first kappa shape index (κ1) is 16.1. The van der Waals surface area contributed by atoms with Crippen molar-refractivity contribution in [1.29, 1.82) is 0 Å². The van der Waals surface area contributed by atoms with Crippen molar-refractivity contribution < 1.29 is 14.7 Å². The van der Waals surface area contributed by atoms with Gasteiger partial charge in [-0.25, -0.2) is 0 Å². The van der Waals surface area contributed by atoms with Crippen LogP contribution < -0.4 is 0 Å². The van der Waals surface area contributed by atoms with Crippen molar-refractivity contribution in [2.45, 2.75) is 68.7 Å². The molecule has 1 aliphatic rings. The third kappa shape index (κ3) is 3.48. The number of hydrogen-bond acceptors (Lipinski definition) is 4. The van der Waals surface area contributed by atoms with Crippen LogP contribution in [0.3, 0.4) is 0 Å². The molecule has 0 amide bonds. The molecule has 1 aromatic rings. The van der Waals surface area contributed by atoms with Crippen molar-refractivity contribution in [2.24, 2.45) is 0 Å². The highest BCUT2D eigenvalue weighted by Gasteiger charge is 2.27. The van der Waals surface area contributed by atoms with Crippen molar-refractivity contribution >= 4 is 24.0 Å². The van der Waals surface area contributed by atoms with Crippen LogP contribution in [0.5, 0.6) is 0 Å². The summed E-state index contributed by atoms with van der Waals surface area (Å²) in [6, 6.07) is 0.292. The van der Waals surface area contributed by atoms with E-state index < -0.39 is 11.2 Å². The molecule has 0 aromatic carbocycles. The second-order valence-electron chi connectivity index (χ2n) is 5.51. The highest BCUT2D eigenvalue weighted by atomic mass is 32.2. The molecular weight excluding hydrogens is 288 g/mol. The molecule has 2 rings (SSSR count). The van der Waals surface area contributed by atoms with Crippen LogP contribution in [0.2, 0.25) is 0 Å². The predicted octanol–water partition coefficient (Wildman–Crippen LogP) is 3.46. The van der Waals surface area contributed by atoms with Crippen LogP contribution in [0.25, 0.3) is 0 Å². The van der Waals surface area contributed by atoms with Gasteiger partial charge >= 0.3 is 5.97 Å². The van der Waals surface area contributed by atoms with Gasteiger partial charge in [-0.3, -0.25) is 14.3 Å². The van der Waals surface area contributed by atoms with Gasteiger partial charge in [0.2, 0.25) is 0 Å². The van der Waals surface area contributed by atoms with E-state index in [2.05, 4.69) is 5.10 Å². The van der Waals surface area contributed by atoms with Crippen LogP contribution in [-0.2, 0) is 4.79 Å². The van der Waals surface area contributed by atoms with E-state index in [9.17, 15) is 14.7 Å². The number of aromatic nitrogens is 2. The average Bonchev–Trinajstić information content (AvgIpc) is 2.81. The third-order valence-electron chi connectivity index (χ3n) is 4.02. The summed E-state index contributed by atoms with van der Waals surface area (Å²) < 4.78 is 1.91. The third-order valence-corrected chi connectivity index (χ3v) is 5.47. The Balaban J connectivity index is 2.35. The van der Waals surface area contributed by atoms with Crippen LogP contribution >= 0.6 is 11.8 Å². The number of carboxylic acid groups (broad SMARTS) is 1. The smallest absolute Gasteiger partial charge is 0.317 e. The molecule has 1 atom stereocenters. The second kappa shape index (κ2) is 7.11. The van der Waals surface area contributed by atoms with Gasteiger partial charge in [0.05, 0.1) is 17.3 Å². The van der Waals surface area contributed by atoms with E-state index in [1.54, 1.807) is 0 Å². The highest BCUT2D eigenvalue weighted by Crippen LogP contribution is 2.36. The van der Waals surface area contributed by atoms with E-state index >= 15 is 0 Å². The zero-order chi connectivity index (χ0) is 15.4. The fraction of sp³-hybridized carbons (Fsp3) is 0.667. The van der Waals surface area contributed by atoms with Gasteiger partial charge in [0.25, 0.3) is 0 Å². The Hall–Kier alpha value is -1.30. The summed E-state index contributed by atoms with van der Waals surface area (Å²) in [7, 11) is 0. The fourth-order valence-corrected chi connectivity index (χ4v) is 3.97. The van der Waals surface area contributed by atoms with E-state index in [4.69, 9.17) is 0 Å². The molecule has 0 aliphatic heterocycles. The minimum absolute atomic E-state index is 0.292. The fourth-order valence-electron chi connectivity index (χ4n) is 2.81. The van der Waals surface area contributed by atoms with Gasteiger partial charge in [0.1, 0.15) is 10.3 Å². The van der Waals surface area contributed by atoms with Crippen molar-refractivity contribution in [3.05, 3.63) is 11.3 Å². The Morgan fingerprint density at radius 1 is 1.48 bits per heavy atom. The lowest BCUT2D eigenvalue weighted by molar-refractivity contribution is -0.136. The molecule has 5 nitrogen and oxygen atoms in total. The van der Waals surface area contributed by atoms with Crippen LogP contribution in [0, 0.1) is 6.92 Å². The number of carboxylic acids is 1. The molecule has 6 heteroatoms. The summed E-state index contributed by atoms with van der Waals surface area (Å²) >= 11 is 1.26. The number of carbonyl (C=O) groups excluding carboxylic acids is 1. The normalized spacial score (nSPS) is 17.6. The predicted molar refractivity (Wildman–Crippen MR) is 82.0 cm³/mol. The molecule has 0 spiro atoms. The summed E-state index contributed by atoms with van der Waals surface area (Å²) in [6.45, 7) is 3.66. The molecule has 1 fully saturated rings. The van der Waals surface area contributed by atoms with Gasteiger partial charge in [0, 0.05) is 0 Å². The number of rotatable bonds is 6. The van der Waals surface area contributed by atoms with Gasteiger partial charge in [-0.1, -0.05) is 37.9 Å². The van der Waals surface area contributed by atoms with Gasteiger partial charge in [-0.15, -0.1) is 0 Å². The number of carbonyl (C=O) groups is 2. The first-order chi connectivity index (χ1) is 10.1. The Labute approximate surface area is 129 Å². The topological polar surface area (TPSA) is 72.2 Å². The summed E-state index contributed by atoms with van der Waals surface area (Å²) in [6.07, 6.45) is 7.01. The molecule has 1 aliphatic carbocycles. The Kier molecular flexibility index (Phi) is 5.45. The number of aldehydes is 1. The molecule has 1 unspecified atom stereocenters. The lowest BCUT2D eigenvalue weighted by atomic mass is 9.96. The van der Waals surface area contributed by atoms with Crippen molar-refractivity contribution in [3.63, 3.8) is 0 Å². The molecule has 0 saturated heterocycles. The van der Waals surface area contributed by atoms with Crippen molar-refractivity contribution in [1.82, 2.24) is 9.78 Å². The summed E-state index contributed by atoms with van der Waals surface area (Å²) in [4.78, 5) is 22.7. The molecule has 116 valence electrons. The van der Waals surface area contributed by atoms with E-state index in [-0.39, 0.29) is 0 Å². The maximum Gasteiger partial charge on any atom is 0.317 e. The van der Waals surface area contributed by atoms with Crippen molar-refractivity contribution in [2.75, 3.05) is 0 Å². The molecule has 1 N–H and O–H groups in total. The van der Waals surface area contributed by atoms with Gasteiger partial charge in [-0.05, 0) is 26.2 Å². The van der Waals surface area contributed by atoms with Crippen LogP contribution in [0.4, 0.5) is 0 Å². The maximum absolute atomic E-state index is 11.4. The summed E-state index contributed by atoms with van der Waals surface area (Å²) in [5, 5.41) is 14.0. The molecule has 21 heavy (non-hydrogen) atoms. The first-order valence-electron chi connectivity index (χ1n) is 7.52. The van der Waals surface area contributed by atoms with Crippen LogP contribution in [0.1, 0.15) is 67.5 Å². The molecule has 1 saturated carbocycles. The highest BCUT2D eigenvalue weighted by molar-refractivity contribution is 8.00. The molecule has 1 aromatic heterocycles. The Morgan fingerprint density at radius 3 is 2.67 bits per heavy atom. The monoisotopic (exact) mass is 310 g/mol. The first-order valence-corrected chi connectivity index (χ1v) is 8.40. The molecule has 0 radical (unpaired) electrons. The number of aryl methyl sites for hydroxylation is 1. The van der Waals surface area contributed by atoms with Gasteiger partial charge in [0.15, 0.2) is 6.29 Å². The number of hydrogen-bond donors (Lipinski definition) is 1. The minimum atomic E-state index is -0.839. The van der Waals surface area contributed by atoms with Crippen molar-refractivity contribution in [3.8, 4) is 0 Å². The lowest BCUT2D eigenvalue weighted by Crippen LogP contribution is -2.19. The Bertz CT molecular complexity index is 521. The number of nitrogens with zero attached hydrogens (tertiary/aromatic N) is 2. The zero-order valence-electron chi connectivity index (χ0n) is 12.5. The maximum atomic E-state index is 11.4. The van der Waals surface area contributed by atoms with Crippen LogP contribution in [0.15, 0.2) is 5.03 Å². The molecular formula is C15H22N2O3S. The molecule has 1 heterocycles. The zero-order valence-corrected chi connectivity index (χ0v) is 13.4. The van der Waals surface area contributed by atoms with Gasteiger partial charge < -0.3 is 5.11 Å². The number of thioether (sulfide) groups is 1.